The predicted octanol–water partition coefficient (Wildman–Crippen LogP) is 1.88. The van der Waals surface area contributed by atoms with Crippen LogP contribution in [0.15, 0.2) is 54.6 Å². The molecule has 24 heavy (non-hydrogen) atoms. The van der Waals surface area contributed by atoms with E-state index in [1.54, 1.807) is 48.5 Å². The van der Waals surface area contributed by atoms with Gasteiger partial charge in [0.25, 0.3) is 11.8 Å². The van der Waals surface area contributed by atoms with Crippen molar-refractivity contribution in [2.75, 3.05) is 11.9 Å². The number of carbonyl (C=O) groups is 4. The molecule has 2 aromatic carbocycles. The van der Waals surface area contributed by atoms with Crippen molar-refractivity contribution in [3.8, 4) is 0 Å². The molecule has 6 heteroatoms. The van der Waals surface area contributed by atoms with Crippen LogP contribution < -0.4 is 5.32 Å². The van der Waals surface area contributed by atoms with Gasteiger partial charge in [0.2, 0.25) is 5.91 Å². The lowest BCUT2D eigenvalue weighted by molar-refractivity contribution is -0.125. The first-order valence-corrected chi connectivity index (χ1v) is 7.38. The fourth-order valence-corrected chi connectivity index (χ4v) is 2.52. The van der Waals surface area contributed by atoms with E-state index in [9.17, 15) is 19.2 Å². The van der Waals surface area contributed by atoms with Gasteiger partial charge in [-0.25, -0.2) is 0 Å². The Balaban J connectivity index is 1.61. The summed E-state index contributed by atoms with van der Waals surface area (Å²) < 4.78 is 0. The number of nitrogens with one attached hydrogen (secondary N) is 1. The first-order chi connectivity index (χ1) is 11.6. The third-order valence-corrected chi connectivity index (χ3v) is 3.63. The first kappa shape index (κ1) is 15.6. The van der Waals surface area contributed by atoms with Gasteiger partial charge >= 0.3 is 0 Å². The molecule has 1 aliphatic rings. The molecule has 2 aromatic rings. The van der Waals surface area contributed by atoms with Crippen LogP contribution in [0, 0.1) is 0 Å². The maximum absolute atomic E-state index is 12.2. The number of ketones is 1. The molecular weight excluding hydrogens is 308 g/mol. The maximum Gasteiger partial charge on any atom is 0.261 e. The van der Waals surface area contributed by atoms with Crippen molar-refractivity contribution in [3.63, 3.8) is 0 Å². The van der Waals surface area contributed by atoms with Gasteiger partial charge in [-0.15, -0.1) is 0 Å². The molecule has 0 fully saturated rings. The molecule has 0 bridgehead atoms. The number of fused-ring (bicyclic) bond motifs is 1. The van der Waals surface area contributed by atoms with E-state index in [-0.39, 0.29) is 11.1 Å². The lowest BCUT2D eigenvalue weighted by Crippen LogP contribution is -2.36. The van der Waals surface area contributed by atoms with Crippen molar-refractivity contribution in [2.45, 2.75) is 6.42 Å². The molecular formula is C18H14N2O4. The number of para-hydroxylation sites is 1. The van der Waals surface area contributed by atoms with Crippen molar-refractivity contribution in [2.24, 2.45) is 0 Å². The molecule has 1 N–H and O–H groups in total. The molecule has 0 spiro atoms. The molecule has 120 valence electrons. The number of benzene rings is 2. The number of hydrogen-bond donors (Lipinski definition) is 1. The minimum atomic E-state index is -0.507. The fourth-order valence-electron chi connectivity index (χ4n) is 2.52. The minimum absolute atomic E-state index is 0.282. The van der Waals surface area contributed by atoms with Crippen LogP contribution in [0.2, 0.25) is 0 Å². The van der Waals surface area contributed by atoms with Gasteiger partial charge in [-0.2, -0.15) is 0 Å². The van der Waals surface area contributed by atoms with Crippen LogP contribution in [0.5, 0.6) is 0 Å². The lowest BCUT2D eigenvalue weighted by atomic mass is 10.1. The van der Waals surface area contributed by atoms with Crippen molar-refractivity contribution in [3.05, 3.63) is 65.7 Å². The summed E-state index contributed by atoms with van der Waals surface area (Å²) in [5.74, 6) is -2.00. The number of hydrogen-bond acceptors (Lipinski definition) is 4. The van der Waals surface area contributed by atoms with Gasteiger partial charge in [0.1, 0.15) is 0 Å². The summed E-state index contributed by atoms with van der Waals surface area (Å²) in [5, 5.41) is 2.59. The number of rotatable bonds is 5. The topological polar surface area (TPSA) is 83.6 Å². The summed E-state index contributed by atoms with van der Waals surface area (Å²) >= 11 is 0. The molecule has 0 radical (unpaired) electrons. The van der Waals surface area contributed by atoms with Crippen molar-refractivity contribution in [1.29, 1.82) is 0 Å². The Morgan fingerprint density at radius 3 is 1.96 bits per heavy atom. The van der Waals surface area contributed by atoms with Gasteiger partial charge in [0.05, 0.1) is 24.1 Å². The molecule has 1 heterocycles. The Morgan fingerprint density at radius 2 is 1.38 bits per heavy atom. The van der Waals surface area contributed by atoms with Crippen LogP contribution in [-0.4, -0.2) is 34.9 Å². The van der Waals surface area contributed by atoms with E-state index in [0.717, 1.165) is 4.90 Å². The summed E-state index contributed by atoms with van der Waals surface area (Å²) in [6.07, 6.45) is -0.400. The van der Waals surface area contributed by atoms with Crippen molar-refractivity contribution in [1.82, 2.24) is 4.90 Å². The van der Waals surface area contributed by atoms with E-state index in [4.69, 9.17) is 0 Å². The van der Waals surface area contributed by atoms with E-state index in [0.29, 0.717) is 5.69 Å². The van der Waals surface area contributed by atoms with Gasteiger partial charge in [0.15, 0.2) is 5.78 Å². The number of anilines is 1. The number of amides is 3. The zero-order chi connectivity index (χ0) is 17.1. The Morgan fingerprint density at radius 1 is 0.833 bits per heavy atom. The average molecular weight is 322 g/mol. The lowest BCUT2D eigenvalue weighted by Gasteiger charge is -2.12. The SMILES string of the molecule is O=C(CC(=O)Nc1ccccc1)CN1C(=O)c2ccccc2C1=O. The van der Waals surface area contributed by atoms with Gasteiger partial charge in [-0.05, 0) is 24.3 Å². The second-order valence-corrected chi connectivity index (χ2v) is 5.37. The summed E-state index contributed by atoms with van der Waals surface area (Å²) in [7, 11) is 0. The Bertz CT molecular complexity index is 795. The van der Waals surface area contributed by atoms with Crippen LogP contribution in [0.3, 0.4) is 0 Å². The summed E-state index contributed by atoms with van der Waals surface area (Å²) in [6, 6.07) is 15.1. The normalized spacial score (nSPS) is 12.9. The Kier molecular flexibility index (Phi) is 4.20. The minimum Gasteiger partial charge on any atom is -0.326 e. The molecule has 1 aliphatic heterocycles. The molecule has 0 unspecified atom stereocenters. The monoisotopic (exact) mass is 322 g/mol. The summed E-state index contributed by atoms with van der Waals surface area (Å²) in [4.78, 5) is 49.1. The first-order valence-electron chi connectivity index (χ1n) is 7.38. The zero-order valence-corrected chi connectivity index (χ0v) is 12.7. The van der Waals surface area contributed by atoms with Crippen LogP contribution in [0.25, 0.3) is 0 Å². The number of carbonyl (C=O) groups excluding carboxylic acids is 4. The maximum atomic E-state index is 12.2. The predicted molar refractivity (Wildman–Crippen MR) is 86.5 cm³/mol. The van der Waals surface area contributed by atoms with E-state index >= 15 is 0 Å². The fraction of sp³-hybridized carbons (Fsp3) is 0.111. The molecule has 3 rings (SSSR count). The van der Waals surface area contributed by atoms with Gasteiger partial charge in [-0.3, -0.25) is 24.1 Å². The van der Waals surface area contributed by atoms with Gasteiger partial charge < -0.3 is 5.32 Å². The second kappa shape index (κ2) is 6.45. The highest BCUT2D eigenvalue weighted by atomic mass is 16.2. The average Bonchev–Trinajstić information content (AvgIpc) is 2.81. The third kappa shape index (κ3) is 3.08. The Hall–Kier alpha value is -3.28. The van der Waals surface area contributed by atoms with E-state index < -0.39 is 36.5 Å². The zero-order valence-electron chi connectivity index (χ0n) is 12.7. The highest BCUT2D eigenvalue weighted by Gasteiger charge is 2.36. The van der Waals surface area contributed by atoms with Gasteiger partial charge in [-0.1, -0.05) is 30.3 Å². The standard InChI is InChI=1S/C18H14N2O4/c21-13(10-16(22)19-12-6-2-1-3-7-12)11-20-17(23)14-8-4-5-9-15(14)18(20)24/h1-9H,10-11H2,(H,19,22). The molecule has 0 saturated carbocycles. The molecule has 0 aliphatic carbocycles. The third-order valence-electron chi connectivity index (χ3n) is 3.63. The second-order valence-electron chi connectivity index (χ2n) is 5.37. The smallest absolute Gasteiger partial charge is 0.261 e. The highest BCUT2D eigenvalue weighted by molar-refractivity contribution is 6.22. The van der Waals surface area contributed by atoms with E-state index in [1.165, 1.54) is 0 Å². The molecule has 0 aromatic heterocycles. The molecule has 0 atom stereocenters. The molecule has 3 amide bonds. The largest absolute Gasteiger partial charge is 0.326 e. The summed E-state index contributed by atoms with van der Waals surface area (Å²) in [6.45, 7) is -0.408. The van der Waals surface area contributed by atoms with E-state index in [1.807, 2.05) is 6.07 Å². The van der Waals surface area contributed by atoms with Crippen LogP contribution in [0.1, 0.15) is 27.1 Å². The number of nitrogens with zero attached hydrogens (tertiary/aromatic N) is 1. The molecule has 0 saturated heterocycles. The van der Waals surface area contributed by atoms with Crippen LogP contribution in [0.4, 0.5) is 5.69 Å². The van der Waals surface area contributed by atoms with Crippen molar-refractivity contribution >= 4 is 29.2 Å². The Labute approximate surface area is 138 Å². The van der Waals surface area contributed by atoms with Gasteiger partial charge in [0, 0.05) is 5.69 Å². The van der Waals surface area contributed by atoms with E-state index in [2.05, 4.69) is 5.32 Å². The number of Topliss-reactive ketones (excluding diaryl/α,β-unsaturated/α-hetero) is 1. The highest BCUT2D eigenvalue weighted by Crippen LogP contribution is 2.22. The van der Waals surface area contributed by atoms with Crippen LogP contribution >= 0.6 is 0 Å². The van der Waals surface area contributed by atoms with Crippen molar-refractivity contribution < 1.29 is 19.2 Å². The number of imide groups is 1. The summed E-state index contributed by atoms with van der Waals surface area (Å²) in [5.41, 5.74) is 1.14. The molecule has 6 nitrogen and oxygen atoms in total. The van der Waals surface area contributed by atoms with Crippen LogP contribution in [-0.2, 0) is 9.59 Å². The quantitative estimate of drug-likeness (QED) is 0.673.